The molecule has 1 atom stereocenters. The molecule has 3 nitrogen and oxygen atoms in total. The summed E-state index contributed by atoms with van der Waals surface area (Å²) in [4.78, 5) is 16.3. The molecule has 1 saturated heterocycles. The van der Waals surface area contributed by atoms with Crippen molar-refractivity contribution in [3.63, 3.8) is 0 Å². The highest BCUT2D eigenvalue weighted by molar-refractivity contribution is 6.03. The van der Waals surface area contributed by atoms with Gasteiger partial charge in [0.25, 0.3) is 0 Å². The van der Waals surface area contributed by atoms with E-state index in [9.17, 15) is 4.79 Å². The topological polar surface area (TPSA) is 44.9 Å². The molecular weight excluding hydrogens is 260 g/mol. The number of hydrogen-bond donors (Lipinski definition) is 2. The van der Waals surface area contributed by atoms with Crippen LogP contribution < -0.4 is 5.32 Å². The van der Waals surface area contributed by atoms with Crippen LogP contribution in [-0.2, 0) is 0 Å². The Balaban J connectivity index is 1.89. The Morgan fingerprint density at radius 1 is 1.33 bits per heavy atom. The maximum absolute atomic E-state index is 13.1. The van der Waals surface area contributed by atoms with E-state index in [2.05, 4.69) is 24.1 Å². The SMILES string of the molecule is CC(C)CCC1(C(=O)c2ccc3[nH]ccc3c2)CCNC1. The van der Waals surface area contributed by atoms with Crippen molar-refractivity contribution in [3.8, 4) is 0 Å². The Morgan fingerprint density at radius 3 is 2.90 bits per heavy atom. The first-order valence-electron chi connectivity index (χ1n) is 7.93. The van der Waals surface area contributed by atoms with E-state index in [4.69, 9.17) is 0 Å². The fourth-order valence-corrected chi connectivity index (χ4v) is 3.33. The van der Waals surface area contributed by atoms with Gasteiger partial charge in [-0.1, -0.05) is 13.8 Å². The lowest BCUT2D eigenvalue weighted by atomic mass is 9.74. The van der Waals surface area contributed by atoms with Gasteiger partial charge in [-0.2, -0.15) is 0 Å². The van der Waals surface area contributed by atoms with Gasteiger partial charge in [0, 0.05) is 34.6 Å². The summed E-state index contributed by atoms with van der Waals surface area (Å²) in [6.07, 6.45) is 4.98. The molecule has 0 radical (unpaired) electrons. The predicted octanol–water partition coefficient (Wildman–Crippen LogP) is 3.77. The Morgan fingerprint density at radius 2 is 2.19 bits per heavy atom. The molecule has 1 fully saturated rings. The van der Waals surface area contributed by atoms with Crippen LogP contribution in [0.5, 0.6) is 0 Å². The number of rotatable bonds is 5. The third-order valence-electron chi connectivity index (χ3n) is 4.74. The molecule has 1 aliphatic rings. The van der Waals surface area contributed by atoms with E-state index in [0.29, 0.717) is 11.7 Å². The summed E-state index contributed by atoms with van der Waals surface area (Å²) < 4.78 is 0. The number of carbonyl (C=O) groups is 1. The van der Waals surface area contributed by atoms with Gasteiger partial charge in [-0.05, 0) is 56.0 Å². The van der Waals surface area contributed by atoms with E-state index in [1.165, 1.54) is 0 Å². The minimum absolute atomic E-state index is 0.200. The van der Waals surface area contributed by atoms with E-state index in [1.54, 1.807) is 0 Å². The minimum atomic E-state index is -0.200. The number of carbonyl (C=O) groups excluding carboxylic acids is 1. The van der Waals surface area contributed by atoms with Crippen LogP contribution in [0.3, 0.4) is 0 Å². The number of ketones is 1. The van der Waals surface area contributed by atoms with Crippen molar-refractivity contribution < 1.29 is 4.79 Å². The van der Waals surface area contributed by atoms with Crippen LogP contribution in [0.1, 0.15) is 43.5 Å². The summed E-state index contributed by atoms with van der Waals surface area (Å²) in [6.45, 7) is 6.23. The van der Waals surface area contributed by atoms with E-state index in [-0.39, 0.29) is 5.41 Å². The number of fused-ring (bicyclic) bond motifs is 1. The summed E-state index contributed by atoms with van der Waals surface area (Å²) in [6, 6.07) is 8.04. The molecule has 21 heavy (non-hydrogen) atoms. The van der Waals surface area contributed by atoms with Crippen molar-refractivity contribution in [2.45, 2.75) is 33.1 Å². The Labute approximate surface area is 126 Å². The van der Waals surface area contributed by atoms with Crippen molar-refractivity contribution >= 4 is 16.7 Å². The largest absolute Gasteiger partial charge is 0.361 e. The van der Waals surface area contributed by atoms with Crippen LogP contribution in [-0.4, -0.2) is 23.9 Å². The molecule has 0 saturated carbocycles. The molecule has 0 spiro atoms. The third-order valence-corrected chi connectivity index (χ3v) is 4.74. The average Bonchev–Trinajstić information content (AvgIpc) is 3.13. The molecule has 3 heteroatoms. The molecule has 2 N–H and O–H groups in total. The molecule has 0 amide bonds. The highest BCUT2D eigenvalue weighted by atomic mass is 16.1. The Hall–Kier alpha value is -1.61. The smallest absolute Gasteiger partial charge is 0.170 e. The standard InChI is InChI=1S/C18H24N2O/c1-13(2)5-7-18(8-10-19-12-18)17(21)15-3-4-16-14(11-15)6-9-20-16/h3-4,6,9,11,13,19-20H,5,7-8,10,12H2,1-2H3. The monoisotopic (exact) mass is 284 g/mol. The second-order valence-corrected chi connectivity index (χ2v) is 6.75. The van der Waals surface area contributed by atoms with Crippen molar-refractivity contribution in [3.05, 3.63) is 36.0 Å². The molecule has 112 valence electrons. The Kier molecular flexibility index (Phi) is 3.85. The van der Waals surface area contributed by atoms with Gasteiger partial charge in [0.1, 0.15) is 0 Å². The summed E-state index contributed by atoms with van der Waals surface area (Å²) in [5.41, 5.74) is 1.75. The van der Waals surface area contributed by atoms with Crippen LogP contribution >= 0.6 is 0 Å². The zero-order chi connectivity index (χ0) is 14.9. The number of aromatic nitrogens is 1. The number of benzene rings is 1. The molecule has 0 aliphatic carbocycles. The van der Waals surface area contributed by atoms with E-state index in [0.717, 1.165) is 48.8 Å². The molecule has 3 rings (SSSR count). The molecule has 1 aliphatic heterocycles. The second kappa shape index (κ2) is 5.64. The quantitative estimate of drug-likeness (QED) is 0.821. The lowest BCUT2D eigenvalue weighted by Gasteiger charge is -2.27. The third kappa shape index (κ3) is 2.75. The van der Waals surface area contributed by atoms with Crippen LogP contribution in [0.4, 0.5) is 0 Å². The summed E-state index contributed by atoms with van der Waals surface area (Å²) >= 11 is 0. The molecule has 1 aromatic carbocycles. The summed E-state index contributed by atoms with van der Waals surface area (Å²) in [7, 11) is 0. The van der Waals surface area contributed by atoms with E-state index >= 15 is 0 Å². The zero-order valence-electron chi connectivity index (χ0n) is 12.9. The molecule has 2 aromatic rings. The van der Waals surface area contributed by atoms with Gasteiger partial charge >= 0.3 is 0 Å². The van der Waals surface area contributed by atoms with Gasteiger partial charge in [0.2, 0.25) is 0 Å². The van der Waals surface area contributed by atoms with E-state index < -0.39 is 0 Å². The van der Waals surface area contributed by atoms with Crippen molar-refractivity contribution in [2.75, 3.05) is 13.1 Å². The van der Waals surface area contributed by atoms with Gasteiger partial charge in [-0.25, -0.2) is 0 Å². The molecule has 2 heterocycles. The van der Waals surface area contributed by atoms with Crippen LogP contribution in [0.15, 0.2) is 30.5 Å². The van der Waals surface area contributed by atoms with Gasteiger partial charge in [0.05, 0.1) is 0 Å². The van der Waals surface area contributed by atoms with Crippen molar-refractivity contribution in [1.82, 2.24) is 10.3 Å². The van der Waals surface area contributed by atoms with Crippen LogP contribution in [0, 0.1) is 11.3 Å². The minimum Gasteiger partial charge on any atom is -0.361 e. The fraction of sp³-hybridized carbons (Fsp3) is 0.500. The molecule has 1 unspecified atom stereocenters. The van der Waals surface area contributed by atoms with Gasteiger partial charge < -0.3 is 10.3 Å². The first-order valence-corrected chi connectivity index (χ1v) is 7.93. The van der Waals surface area contributed by atoms with E-state index in [1.807, 2.05) is 30.5 Å². The zero-order valence-corrected chi connectivity index (χ0v) is 12.9. The maximum Gasteiger partial charge on any atom is 0.170 e. The van der Waals surface area contributed by atoms with Gasteiger partial charge in [-0.15, -0.1) is 0 Å². The lowest BCUT2D eigenvalue weighted by molar-refractivity contribution is 0.0794. The lowest BCUT2D eigenvalue weighted by Crippen LogP contribution is -2.34. The van der Waals surface area contributed by atoms with Crippen LogP contribution in [0.2, 0.25) is 0 Å². The molecule has 0 bridgehead atoms. The van der Waals surface area contributed by atoms with Crippen molar-refractivity contribution in [2.24, 2.45) is 11.3 Å². The first kappa shape index (κ1) is 14.3. The normalized spacial score (nSPS) is 22.2. The highest BCUT2D eigenvalue weighted by Gasteiger charge is 2.41. The number of hydrogen-bond acceptors (Lipinski definition) is 2. The highest BCUT2D eigenvalue weighted by Crippen LogP contribution is 2.36. The van der Waals surface area contributed by atoms with Crippen LogP contribution in [0.25, 0.3) is 10.9 Å². The molecular formula is C18H24N2O. The first-order chi connectivity index (χ1) is 10.1. The van der Waals surface area contributed by atoms with Crippen molar-refractivity contribution in [1.29, 1.82) is 0 Å². The summed E-state index contributed by atoms with van der Waals surface area (Å²) in [5, 5.41) is 4.51. The number of nitrogens with one attached hydrogen (secondary N) is 2. The number of Topliss-reactive ketones (excluding diaryl/α,β-unsaturated/α-hetero) is 1. The molecule has 1 aromatic heterocycles. The number of aromatic amines is 1. The predicted molar refractivity (Wildman–Crippen MR) is 86.6 cm³/mol. The second-order valence-electron chi connectivity index (χ2n) is 6.75. The fourth-order valence-electron chi connectivity index (χ4n) is 3.33. The maximum atomic E-state index is 13.1. The summed E-state index contributed by atoms with van der Waals surface area (Å²) in [5.74, 6) is 0.957. The average molecular weight is 284 g/mol. The van der Waals surface area contributed by atoms with Gasteiger partial charge in [-0.3, -0.25) is 4.79 Å². The number of H-pyrrole nitrogens is 1. The van der Waals surface area contributed by atoms with Gasteiger partial charge in [0.15, 0.2) is 5.78 Å². The Bertz CT molecular complexity index is 635.